The van der Waals surface area contributed by atoms with E-state index in [1.54, 1.807) is 0 Å². The molecule has 0 nitrogen and oxygen atoms in total. The second kappa shape index (κ2) is 7.64. The molecule has 0 spiro atoms. The van der Waals surface area contributed by atoms with E-state index in [-0.39, 0.29) is 0 Å². The highest BCUT2D eigenvalue weighted by Gasteiger charge is 2.25. The second-order valence-electron chi connectivity index (χ2n) is 7.70. The normalized spacial score (nSPS) is 13.4. The maximum absolute atomic E-state index is 2.36. The number of allylic oxidation sites excluding steroid dienone is 1. The lowest BCUT2D eigenvalue weighted by molar-refractivity contribution is 0.237. The Balaban J connectivity index is 2.14. The summed E-state index contributed by atoms with van der Waals surface area (Å²) in [6, 6.07) is 18.0. The monoisotopic (exact) mass is 306 g/mol. The van der Waals surface area contributed by atoms with Gasteiger partial charge in [-0.3, -0.25) is 0 Å². The molecule has 0 fully saturated rings. The molecule has 2 rings (SSSR count). The lowest BCUT2D eigenvalue weighted by Gasteiger charge is -2.31. The molecule has 0 heterocycles. The highest BCUT2D eigenvalue weighted by Crippen LogP contribution is 2.32. The van der Waals surface area contributed by atoms with Gasteiger partial charge < -0.3 is 0 Å². The molecule has 1 atom stereocenters. The molecule has 0 aliphatic rings. The lowest BCUT2D eigenvalue weighted by atomic mass is 9.74. The number of aryl methyl sites for hydroxylation is 1. The molecule has 2 aromatic rings. The van der Waals surface area contributed by atoms with Crippen molar-refractivity contribution in [3.8, 4) is 0 Å². The minimum atomic E-state index is 0.298. The Morgan fingerprint density at radius 1 is 0.826 bits per heavy atom. The lowest BCUT2D eigenvalue weighted by Crippen LogP contribution is -2.25. The van der Waals surface area contributed by atoms with Gasteiger partial charge in [0.05, 0.1) is 0 Å². The molecule has 23 heavy (non-hydrogen) atoms. The van der Waals surface area contributed by atoms with Crippen molar-refractivity contribution in [1.82, 2.24) is 0 Å². The van der Waals surface area contributed by atoms with E-state index < -0.39 is 0 Å². The maximum atomic E-state index is 2.36. The van der Waals surface area contributed by atoms with Crippen LogP contribution in [0.2, 0.25) is 0 Å². The van der Waals surface area contributed by atoms with Crippen LogP contribution in [0.25, 0.3) is 6.08 Å². The van der Waals surface area contributed by atoms with Crippen molar-refractivity contribution in [2.24, 2.45) is 11.3 Å². The molecule has 0 aliphatic carbocycles. The van der Waals surface area contributed by atoms with Crippen molar-refractivity contribution in [3.05, 3.63) is 76.9 Å². The van der Waals surface area contributed by atoms with Crippen molar-refractivity contribution in [1.29, 1.82) is 0 Å². The third-order valence-electron chi connectivity index (χ3n) is 4.65. The second-order valence-corrected chi connectivity index (χ2v) is 7.70. The number of rotatable bonds is 5. The van der Waals surface area contributed by atoms with Crippen LogP contribution >= 0.6 is 0 Å². The molecule has 0 N–H and O–H groups in total. The van der Waals surface area contributed by atoms with Crippen molar-refractivity contribution in [2.75, 3.05) is 0 Å². The van der Waals surface area contributed by atoms with Gasteiger partial charge in [0.2, 0.25) is 0 Å². The SMILES string of the molecule is C/C=C/c1ccc(CC(Cc2ccc(C)cc2)C(C)(C)C)cc1. The van der Waals surface area contributed by atoms with E-state index in [9.17, 15) is 0 Å². The van der Waals surface area contributed by atoms with Gasteiger partial charge >= 0.3 is 0 Å². The molecule has 1 unspecified atom stereocenters. The first-order valence-corrected chi connectivity index (χ1v) is 8.65. The molecular formula is C23H30. The summed E-state index contributed by atoms with van der Waals surface area (Å²) in [6.45, 7) is 11.3. The van der Waals surface area contributed by atoms with Gasteiger partial charge in [0.25, 0.3) is 0 Å². The van der Waals surface area contributed by atoms with Crippen LogP contribution in [0.3, 0.4) is 0 Å². The summed E-state index contributed by atoms with van der Waals surface area (Å²) in [4.78, 5) is 0. The first kappa shape index (κ1) is 17.5. The van der Waals surface area contributed by atoms with Crippen LogP contribution in [0.1, 0.15) is 49.9 Å². The van der Waals surface area contributed by atoms with E-state index in [4.69, 9.17) is 0 Å². The average molecular weight is 306 g/mol. The minimum Gasteiger partial charge on any atom is -0.0871 e. The average Bonchev–Trinajstić information content (AvgIpc) is 2.50. The van der Waals surface area contributed by atoms with Gasteiger partial charge in [-0.15, -0.1) is 0 Å². The van der Waals surface area contributed by atoms with E-state index in [1.807, 2.05) is 0 Å². The van der Waals surface area contributed by atoms with Gasteiger partial charge in [0, 0.05) is 0 Å². The molecular weight excluding hydrogens is 276 g/mol. The highest BCUT2D eigenvalue weighted by molar-refractivity contribution is 5.49. The van der Waals surface area contributed by atoms with Crippen LogP contribution in [0.5, 0.6) is 0 Å². The Labute approximate surface area is 142 Å². The molecule has 0 heteroatoms. The molecule has 0 bridgehead atoms. The molecule has 0 amide bonds. The van der Waals surface area contributed by atoms with E-state index >= 15 is 0 Å². The largest absolute Gasteiger partial charge is 0.0871 e. The number of hydrogen-bond donors (Lipinski definition) is 0. The highest BCUT2D eigenvalue weighted by atomic mass is 14.3. The van der Waals surface area contributed by atoms with Crippen LogP contribution in [-0.2, 0) is 12.8 Å². The van der Waals surface area contributed by atoms with E-state index in [0.29, 0.717) is 11.3 Å². The zero-order chi connectivity index (χ0) is 16.9. The van der Waals surface area contributed by atoms with Crippen molar-refractivity contribution in [3.63, 3.8) is 0 Å². The Kier molecular flexibility index (Phi) is 5.82. The molecule has 0 saturated heterocycles. The van der Waals surface area contributed by atoms with Gasteiger partial charge in [-0.2, -0.15) is 0 Å². The summed E-state index contributed by atoms with van der Waals surface area (Å²) in [5, 5.41) is 0. The Morgan fingerprint density at radius 3 is 1.74 bits per heavy atom. The zero-order valence-electron chi connectivity index (χ0n) is 15.3. The van der Waals surface area contributed by atoms with E-state index in [2.05, 4.69) is 95.3 Å². The first-order chi connectivity index (χ1) is 10.9. The summed E-state index contributed by atoms with van der Waals surface area (Å²) in [5.41, 5.74) is 5.79. The van der Waals surface area contributed by atoms with Gasteiger partial charge in [0.1, 0.15) is 0 Å². The number of hydrogen-bond acceptors (Lipinski definition) is 0. The summed E-state index contributed by atoms with van der Waals surface area (Å²) < 4.78 is 0. The summed E-state index contributed by atoms with van der Waals surface area (Å²) in [6.07, 6.45) is 6.51. The molecule has 0 radical (unpaired) electrons. The van der Waals surface area contributed by atoms with Crippen LogP contribution in [0.15, 0.2) is 54.6 Å². The predicted molar refractivity (Wildman–Crippen MR) is 103 cm³/mol. The Hall–Kier alpha value is -1.82. The van der Waals surface area contributed by atoms with Gasteiger partial charge in [-0.05, 0) is 54.7 Å². The topological polar surface area (TPSA) is 0 Å². The van der Waals surface area contributed by atoms with Crippen LogP contribution in [0.4, 0.5) is 0 Å². The van der Waals surface area contributed by atoms with Crippen molar-refractivity contribution < 1.29 is 0 Å². The fraction of sp³-hybridized carbons (Fsp3) is 0.391. The van der Waals surface area contributed by atoms with Crippen molar-refractivity contribution in [2.45, 2.75) is 47.5 Å². The summed E-state index contributed by atoms with van der Waals surface area (Å²) in [7, 11) is 0. The zero-order valence-corrected chi connectivity index (χ0v) is 15.3. The summed E-state index contributed by atoms with van der Waals surface area (Å²) >= 11 is 0. The summed E-state index contributed by atoms with van der Waals surface area (Å²) in [5.74, 6) is 0.637. The number of benzene rings is 2. The molecule has 0 aromatic heterocycles. The molecule has 122 valence electrons. The standard InChI is InChI=1S/C23H30/c1-6-7-19-12-14-21(15-13-19)17-22(23(3,4)5)16-20-10-8-18(2)9-11-20/h6-15,22H,16-17H2,1-5H3/b7-6+. The van der Waals surface area contributed by atoms with Gasteiger partial charge in [0.15, 0.2) is 0 Å². The van der Waals surface area contributed by atoms with E-state index in [0.717, 1.165) is 12.8 Å². The van der Waals surface area contributed by atoms with Crippen LogP contribution in [0, 0.1) is 18.3 Å². The van der Waals surface area contributed by atoms with Crippen molar-refractivity contribution >= 4 is 6.08 Å². The quantitative estimate of drug-likeness (QED) is 0.593. The minimum absolute atomic E-state index is 0.298. The fourth-order valence-electron chi connectivity index (χ4n) is 2.94. The van der Waals surface area contributed by atoms with Gasteiger partial charge in [-0.1, -0.05) is 87.0 Å². The molecule has 0 saturated carbocycles. The fourth-order valence-corrected chi connectivity index (χ4v) is 2.94. The predicted octanol–water partition coefficient (Wildman–Crippen LogP) is 6.48. The Bertz CT molecular complexity index is 621. The maximum Gasteiger partial charge on any atom is -0.0242 e. The first-order valence-electron chi connectivity index (χ1n) is 8.65. The third kappa shape index (κ3) is 5.39. The Morgan fingerprint density at radius 2 is 1.30 bits per heavy atom. The van der Waals surface area contributed by atoms with Gasteiger partial charge in [-0.25, -0.2) is 0 Å². The smallest absolute Gasteiger partial charge is 0.0242 e. The molecule has 0 aliphatic heterocycles. The molecule has 2 aromatic carbocycles. The van der Waals surface area contributed by atoms with E-state index in [1.165, 1.54) is 22.3 Å². The third-order valence-corrected chi connectivity index (χ3v) is 4.65. The van der Waals surface area contributed by atoms with Crippen LogP contribution in [-0.4, -0.2) is 0 Å². The van der Waals surface area contributed by atoms with Crippen LogP contribution < -0.4 is 0 Å².